The molecule has 0 amide bonds. The molecule has 18 heavy (non-hydrogen) atoms. The van der Waals surface area contributed by atoms with Crippen molar-refractivity contribution in [3.63, 3.8) is 0 Å². The molecule has 0 aliphatic rings. The third-order valence-corrected chi connectivity index (χ3v) is 2.83. The first-order chi connectivity index (χ1) is 8.47. The Morgan fingerprint density at radius 3 is 2.72 bits per heavy atom. The smallest absolute Gasteiger partial charge is 0.416 e. The van der Waals surface area contributed by atoms with Crippen molar-refractivity contribution in [3.05, 3.63) is 34.7 Å². The molecule has 0 bridgehead atoms. The zero-order valence-corrected chi connectivity index (χ0v) is 9.76. The van der Waals surface area contributed by atoms with Crippen LogP contribution in [0.15, 0.2) is 24.3 Å². The van der Waals surface area contributed by atoms with Gasteiger partial charge in [-0.25, -0.2) is 0 Å². The lowest BCUT2D eigenvalue weighted by molar-refractivity contribution is -0.137. The molecule has 0 spiro atoms. The Balaban J connectivity index is 2.09. The molecule has 0 aliphatic heterocycles. The number of aromatic nitrogens is 2. The summed E-state index contributed by atoms with van der Waals surface area (Å²) in [6, 6.07) is 4.65. The number of rotatable bonds is 3. The summed E-state index contributed by atoms with van der Waals surface area (Å²) in [5.41, 5.74) is 4.73. The monoisotopic (exact) mass is 275 g/mol. The highest BCUT2D eigenvalue weighted by atomic mass is 32.1. The second kappa shape index (κ2) is 4.81. The minimum absolute atomic E-state index is 0.0464. The number of nitrogen functional groups attached to an aromatic ring is 1. The van der Waals surface area contributed by atoms with E-state index in [1.165, 1.54) is 12.1 Å². The van der Waals surface area contributed by atoms with Gasteiger partial charge in [-0.15, -0.1) is 5.10 Å². The molecule has 4 nitrogen and oxygen atoms in total. The minimum Gasteiger partial charge on any atom is -0.488 e. The Morgan fingerprint density at radius 1 is 1.33 bits per heavy atom. The predicted octanol–water partition coefficient (Wildman–Crippen LogP) is 2.72. The van der Waals surface area contributed by atoms with Gasteiger partial charge in [0.1, 0.15) is 17.2 Å². The number of nitrogens with two attached hydrogens (primary N) is 1. The van der Waals surface area contributed by atoms with E-state index >= 15 is 0 Å². The van der Waals surface area contributed by atoms with Gasteiger partial charge in [-0.2, -0.15) is 13.2 Å². The van der Waals surface area contributed by atoms with Crippen LogP contribution in [0.5, 0.6) is 5.75 Å². The van der Waals surface area contributed by atoms with Crippen LogP contribution in [-0.2, 0) is 12.8 Å². The summed E-state index contributed by atoms with van der Waals surface area (Å²) in [7, 11) is 0. The highest BCUT2D eigenvalue weighted by Crippen LogP contribution is 2.31. The number of hydrogen-bond donors (Lipinski definition) is 1. The van der Waals surface area contributed by atoms with Crippen molar-refractivity contribution < 1.29 is 17.9 Å². The van der Waals surface area contributed by atoms with Crippen molar-refractivity contribution >= 4 is 17.4 Å². The summed E-state index contributed by atoms with van der Waals surface area (Å²) in [5.74, 6) is 0.351. The average Bonchev–Trinajstić information content (AvgIpc) is 2.72. The summed E-state index contributed by atoms with van der Waals surface area (Å²) >= 11 is 1.05. The van der Waals surface area contributed by atoms with Crippen molar-refractivity contribution in [1.29, 1.82) is 0 Å². The van der Waals surface area contributed by atoms with E-state index in [1.807, 2.05) is 0 Å². The molecule has 0 saturated carbocycles. The van der Waals surface area contributed by atoms with Gasteiger partial charge in [-0.1, -0.05) is 10.6 Å². The predicted molar refractivity (Wildman–Crippen MR) is 60.1 cm³/mol. The lowest BCUT2D eigenvalue weighted by Crippen LogP contribution is -2.05. The third-order valence-electron chi connectivity index (χ3n) is 2.12. The molecule has 2 aromatic rings. The lowest BCUT2D eigenvalue weighted by atomic mass is 10.2. The van der Waals surface area contributed by atoms with Gasteiger partial charge in [0.25, 0.3) is 0 Å². The third kappa shape index (κ3) is 2.89. The van der Waals surface area contributed by atoms with E-state index in [1.54, 1.807) is 0 Å². The molecule has 0 atom stereocenters. The molecule has 8 heteroatoms. The number of alkyl halides is 3. The molecule has 0 fully saturated rings. The summed E-state index contributed by atoms with van der Waals surface area (Å²) < 4.78 is 46.2. The molecule has 0 saturated heterocycles. The first-order valence-corrected chi connectivity index (χ1v) is 5.61. The van der Waals surface area contributed by atoms with Crippen LogP contribution in [0, 0.1) is 0 Å². The quantitative estimate of drug-likeness (QED) is 0.935. The molecule has 0 unspecified atom stereocenters. The van der Waals surface area contributed by atoms with E-state index in [-0.39, 0.29) is 18.2 Å². The van der Waals surface area contributed by atoms with Gasteiger partial charge in [-0.05, 0) is 29.7 Å². The summed E-state index contributed by atoms with van der Waals surface area (Å²) in [6.45, 7) is 0.0464. The van der Waals surface area contributed by atoms with Crippen LogP contribution in [0.3, 0.4) is 0 Å². The highest BCUT2D eigenvalue weighted by molar-refractivity contribution is 7.05. The molecule has 2 N–H and O–H groups in total. The van der Waals surface area contributed by atoms with Gasteiger partial charge in [0.2, 0.25) is 0 Å². The van der Waals surface area contributed by atoms with Crippen LogP contribution in [0.2, 0.25) is 0 Å². The minimum atomic E-state index is -4.38. The van der Waals surface area contributed by atoms with Crippen LogP contribution < -0.4 is 10.5 Å². The van der Waals surface area contributed by atoms with E-state index in [9.17, 15) is 13.2 Å². The molecule has 96 valence electrons. The van der Waals surface area contributed by atoms with Crippen molar-refractivity contribution in [2.75, 3.05) is 5.73 Å². The van der Waals surface area contributed by atoms with Gasteiger partial charge in [-0.3, -0.25) is 0 Å². The largest absolute Gasteiger partial charge is 0.488 e. The van der Waals surface area contributed by atoms with Crippen molar-refractivity contribution in [2.24, 2.45) is 0 Å². The Hall–Kier alpha value is -1.83. The maximum absolute atomic E-state index is 12.5. The van der Waals surface area contributed by atoms with Gasteiger partial charge in [0, 0.05) is 0 Å². The maximum atomic E-state index is 12.5. The summed E-state index contributed by atoms with van der Waals surface area (Å²) in [5, 5.41) is 3.57. The molecule has 0 radical (unpaired) electrons. The fourth-order valence-electron chi connectivity index (χ4n) is 1.23. The van der Waals surface area contributed by atoms with Crippen molar-refractivity contribution in [1.82, 2.24) is 9.59 Å². The van der Waals surface area contributed by atoms with Crippen LogP contribution >= 0.6 is 11.5 Å². The number of halogens is 3. The number of benzene rings is 1. The van der Waals surface area contributed by atoms with E-state index < -0.39 is 11.7 Å². The summed E-state index contributed by atoms with van der Waals surface area (Å²) in [4.78, 5) is 0.576. The molecular weight excluding hydrogens is 267 g/mol. The fourth-order valence-corrected chi connectivity index (χ4v) is 1.70. The summed E-state index contributed by atoms with van der Waals surface area (Å²) in [6.07, 6.45) is -4.38. The van der Waals surface area contributed by atoms with Crippen LogP contribution in [0.4, 0.5) is 19.0 Å². The first kappa shape index (κ1) is 12.6. The van der Waals surface area contributed by atoms with Crippen LogP contribution in [0.25, 0.3) is 0 Å². The Kier molecular flexibility index (Phi) is 3.37. The Morgan fingerprint density at radius 2 is 2.11 bits per heavy atom. The zero-order valence-electron chi connectivity index (χ0n) is 8.94. The zero-order chi connectivity index (χ0) is 13.2. The van der Waals surface area contributed by atoms with Gasteiger partial charge in [0.15, 0.2) is 5.82 Å². The van der Waals surface area contributed by atoms with Gasteiger partial charge >= 0.3 is 6.18 Å². The Bertz CT molecular complexity index is 541. The fraction of sp³-hybridized carbons (Fsp3) is 0.200. The maximum Gasteiger partial charge on any atom is 0.416 e. The van der Waals surface area contributed by atoms with Crippen LogP contribution in [-0.4, -0.2) is 9.59 Å². The molecule has 1 aromatic heterocycles. The average molecular weight is 275 g/mol. The molecule has 0 aliphatic carbocycles. The standard InChI is InChI=1S/C10H8F3N3OS/c11-10(12,13)6-2-1-3-7(4-6)17-5-8-9(14)15-16-18-8/h1-4H,5,14H2. The van der Waals surface area contributed by atoms with E-state index in [0.29, 0.717) is 4.88 Å². The number of nitrogens with zero attached hydrogens (tertiary/aromatic N) is 2. The van der Waals surface area contributed by atoms with Gasteiger partial charge < -0.3 is 10.5 Å². The number of anilines is 1. The topological polar surface area (TPSA) is 61.0 Å². The number of hydrogen-bond acceptors (Lipinski definition) is 5. The second-order valence-electron chi connectivity index (χ2n) is 3.40. The SMILES string of the molecule is Nc1nnsc1COc1cccc(C(F)(F)F)c1. The van der Waals surface area contributed by atoms with Crippen molar-refractivity contribution in [2.45, 2.75) is 12.8 Å². The first-order valence-electron chi connectivity index (χ1n) is 4.83. The number of ether oxygens (including phenoxy) is 1. The normalized spacial score (nSPS) is 11.5. The van der Waals surface area contributed by atoms with E-state index in [0.717, 1.165) is 23.7 Å². The van der Waals surface area contributed by atoms with Crippen molar-refractivity contribution in [3.8, 4) is 5.75 Å². The highest BCUT2D eigenvalue weighted by Gasteiger charge is 2.30. The van der Waals surface area contributed by atoms with Gasteiger partial charge in [0.05, 0.1) is 5.56 Å². The molecule has 1 heterocycles. The molecular formula is C10H8F3N3OS. The second-order valence-corrected chi connectivity index (χ2v) is 4.23. The van der Waals surface area contributed by atoms with E-state index in [4.69, 9.17) is 10.5 Å². The Labute approximate surface area is 104 Å². The molecule has 1 aromatic carbocycles. The van der Waals surface area contributed by atoms with E-state index in [2.05, 4.69) is 9.59 Å². The van der Waals surface area contributed by atoms with Crippen LogP contribution in [0.1, 0.15) is 10.4 Å². The molecule has 2 rings (SSSR count). The lowest BCUT2D eigenvalue weighted by Gasteiger charge is -2.09.